The number of aryl methyl sites for hydroxylation is 1. The standard InChI is InChI=1S/C26H30O12/c1-26(2,38-25-22(35)20(33)18(31)16(10-27)36-25)8-7-13-14(29)9-15(30)17-19(32)21(34)23(37-24(13)17)11-3-5-12(28)6-4-11/h3-6,9,16,18,20,22,25,27-31,33-35H,7-8,10H2,1-2H3/t16-,18-,20-,22-,25+/m1/s1. The van der Waals surface area contributed by atoms with Gasteiger partial charge in [0.05, 0.1) is 12.2 Å². The monoisotopic (exact) mass is 534 g/mol. The maximum atomic E-state index is 13.0. The van der Waals surface area contributed by atoms with Crippen LogP contribution in [0.25, 0.3) is 22.3 Å². The lowest BCUT2D eigenvalue weighted by Gasteiger charge is -2.42. The summed E-state index contributed by atoms with van der Waals surface area (Å²) in [5, 5.41) is 80.4. The highest BCUT2D eigenvalue weighted by molar-refractivity contribution is 5.91. The molecule has 5 atom stereocenters. The Hall–Kier alpha value is -3.39. The molecular weight excluding hydrogens is 504 g/mol. The summed E-state index contributed by atoms with van der Waals surface area (Å²) in [6, 6.07) is 6.45. The van der Waals surface area contributed by atoms with Crippen LogP contribution in [0.4, 0.5) is 0 Å². The summed E-state index contributed by atoms with van der Waals surface area (Å²) in [5.74, 6) is -2.02. The molecule has 4 rings (SSSR count). The molecule has 2 aromatic carbocycles. The molecule has 0 spiro atoms. The molecule has 0 amide bonds. The van der Waals surface area contributed by atoms with E-state index in [-0.39, 0.29) is 52.2 Å². The van der Waals surface area contributed by atoms with Gasteiger partial charge < -0.3 is 54.7 Å². The minimum atomic E-state index is -1.62. The molecule has 1 aromatic heterocycles. The molecule has 206 valence electrons. The highest BCUT2D eigenvalue weighted by atomic mass is 16.7. The summed E-state index contributed by atoms with van der Waals surface area (Å²) in [7, 11) is 0. The first-order chi connectivity index (χ1) is 17.8. The third-order valence-corrected chi connectivity index (χ3v) is 6.59. The SMILES string of the molecule is CC(C)(CCc1c(O)cc(O)c2c(=O)c(O)c(-c3ccc(O)cc3)oc12)O[C@@H]1O[C@H](CO)[C@@H](O)[C@@H](O)[C@H]1O. The number of benzene rings is 2. The van der Waals surface area contributed by atoms with Crippen LogP contribution in [-0.2, 0) is 15.9 Å². The Kier molecular flexibility index (Phi) is 7.57. The molecule has 8 N–H and O–H groups in total. The summed E-state index contributed by atoms with van der Waals surface area (Å²) in [4.78, 5) is 13.0. The first kappa shape index (κ1) is 27.6. The number of aliphatic hydroxyl groups is 4. The van der Waals surface area contributed by atoms with Crippen LogP contribution in [0.15, 0.2) is 39.5 Å². The third-order valence-electron chi connectivity index (χ3n) is 6.59. The third kappa shape index (κ3) is 5.14. The average molecular weight is 535 g/mol. The van der Waals surface area contributed by atoms with Crippen molar-refractivity contribution in [3.8, 4) is 34.3 Å². The van der Waals surface area contributed by atoms with Crippen molar-refractivity contribution in [2.75, 3.05) is 6.61 Å². The van der Waals surface area contributed by atoms with Gasteiger partial charge in [0.25, 0.3) is 0 Å². The predicted molar refractivity (Wildman–Crippen MR) is 132 cm³/mol. The Balaban J connectivity index is 1.67. The topological polar surface area (TPSA) is 211 Å². The van der Waals surface area contributed by atoms with Gasteiger partial charge in [0, 0.05) is 17.2 Å². The second-order valence-electron chi connectivity index (χ2n) is 9.83. The number of phenolic OH excluding ortho intramolecular Hbond substituents is 3. The first-order valence-corrected chi connectivity index (χ1v) is 11.9. The van der Waals surface area contributed by atoms with E-state index < -0.39 is 59.8 Å². The predicted octanol–water partition coefficient (Wildman–Crippen LogP) is 0.810. The number of fused-ring (bicyclic) bond motifs is 1. The highest BCUT2D eigenvalue weighted by Crippen LogP contribution is 2.40. The van der Waals surface area contributed by atoms with Crippen LogP contribution >= 0.6 is 0 Å². The largest absolute Gasteiger partial charge is 0.508 e. The number of aliphatic hydroxyl groups excluding tert-OH is 4. The van der Waals surface area contributed by atoms with E-state index in [1.807, 2.05) is 0 Å². The van der Waals surface area contributed by atoms with Crippen LogP contribution < -0.4 is 5.43 Å². The zero-order chi connectivity index (χ0) is 27.9. The van der Waals surface area contributed by atoms with Crippen molar-refractivity contribution in [2.45, 2.75) is 63.0 Å². The number of ether oxygens (including phenoxy) is 2. The van der Waals surface area contributed by atoms with Crippen LogP contribution in [0.1, 0.15) is 25.8 Å². The smallest absolute Gasteiger partial charge is 0.238 e. The zero-order valence-corrected chi connectivity index (χ0v) is 20.6. The van der Waals surface area contributed by atoms with E-state index in [9.17, 15) is 45.6 Å². The van der Waals surface area contributed by atoms with Crippen molar-refractivity contribution in [3.05, 3.63) is 46.1 Å². The van der Waals surface area contributed by atoms with Crippen LogP contribution in [-0.4, -0.2) is 83.8 Å². The molecule has 1 aliphatic rings. The highest BCUT2D eigenvalue weighted by Gasteiger charge is 2.45. The van der Waals surface area contributed by atoms with Crippen LogP contribution in [0.2, 0.25) is 0 Å². The molecule has 12 nitrogen and oxygen atoms in total. The van der Waals surface area contributed by atoms with E-state index >= 15 is 0 Å². The van der Waals surface area contributed by atoms with Crippen LogP contribution in [0.3, 0.4) is 0 Å². The summed E-state index contributed by atoms with van der Waals surface area (Å²) in [5.41, 5.74) is -1.79. The molecule has 0 aliphatic carbocycles. The summed E-state index contributed by atoms with van der Waals surface area (Å²) in [6.45, 7) is 2.66. The van der Waals surface area contributed by atoms with Gasteiger partial charge in [0.2, 0.25) is 11.2 Å². The van der Waals surface area contributed by atoms with Gasteiger partial charge >= 0.3 is 0 Å². The molecule has 0 radical (unpaired) electrons. The Morgan fingerprint density at radius 3 is 2.24 bits per heavy atom. The fourth-order valence-corrected chi connectivity index (χ4v) is 4.39. The van der Waals surface area contributed by atoms with Gasteiger partial charge in [0.15, 0.2) is 12.1 Å². The Morgan fingerprint density at radius 1 is 0.947 bits per heavy atom. The fraction of sp³-hybridized carbons (Fsp3) is 0.423. The zero-order valence-electron chi connectivity index (χ0n) is 20.6. The van der Waals surface area contributed by atoms with Crippen LogP contribution in [0, 0.1) is 0 Å². The molecule has 12 heteroatoms. The van der Waals surface area contributed by atoms with Crippen molar-refractivity contribution >= 4 is 11.0 Å². The van der Waals surface area contributed by atoms with E-state index in [0.29, 0.717) is 0 Å². The summed E-state index contributed by atoms with van der Waals surface area (Å²) in [6.07, 6.45) is -7.15. The summed E-state index contributed by atoms with van der Waals surface area (Å²) >= 11 is 0. The van der Waals surface area contributed by atoms with Gasteiger partial charge in [-0.2, -0.15) is 0 Å². The van der Waals surface area contributed by atoms with Crippen molar-refractivity contribution in [2.24, 2.45) is 0 Å². The van der Waals surface area contributed by atoms with E-state index in [2.05, 4.69) is 0 Å². The number of phenols is 3. The van der Waals surface area contributed by atoms with Gasteiger partial charge in [-0.25, -0.2) is 0 Å². The molecule has 38 heavy (non-hydrogen) atoms. The lowest BCUT2D eigenvalue weighted by Crippen LogP contribution is -2.60. The second-order valence-corrected chi connectivity index (χ2v) is 9.83. The minimum absolute atomic E-state index is 0.0236. The molecule has 2 heterocycles. The van der Waals surface area contributed by atoms with Gasteiger partial charge in [-0.1, -0.05) is 0 Å². The minimum Gasteiger partial charge on any atom is -0.508 e. The quantitative estimate of drug-likeness (QED) is 0.212. The first-order valence-electron chi connectivity index (χ1n) is 11.9. The number of hydrogen-bond acceptors (Lipinski definition) is 12. The Labute approximate surface area is 216 Å². The molecule has 0 bridgehead atoms. The number of aromatic hydroxyl groups is 4. The van der Waals surface area contributed by atoms with Crippen molar-refractivity contribution in [3.63, 3.8) is 0 Å². The normalized spacial score (nSPS) is 24.1. The Bertz CT molecular complexity index is 1360. The van der Waals surface area contributed by atoms with E-state index in [1.54, 1.807) is 13.8 Å². The van der Waals surface area contributed by atoms with Crippen LogP contribution in [0.5, 0.6) is 23.0 Å². The number of hydrogen-bond donors (Lipinski definition) is 8. The molecule has 0 unspecified atom stereocenters. The number of rotatable bonds is 7. The van der Waals surface area contributed by atoms with Gasteiger partial charge in [-0.05, 0) is 51.0 Å². The molecule has 1 aliphatic heterocycles. The lowest BCUT2D eigenvalue weighted by molar-refractivity contribution is -0.323. The maximum absolute atomic E-state index is 13.0. The van der Waals surface area contributed by atoms with Crippen molar-refractivity contribution in [1.82, 2.24) is 0 Å². The lowest BCUT2D eigenvalue weighted by atomic mass is 9.95. The molecule has 1 fully saturated rings. The summed E-state index contributed by atoms with van der Waals surface area (Å²) < 4.78 is 17.1. The van der Waals surface area contributed by atoms with Crippen molar-refractivity contribution in [1.29, 1.82) is 0 Å². The molecule has 3 aromatic rings. The van der Waals surface area contributed by atoms with Gasteiger partial charge in [0.1, 0.15) is 52.6 Å². The van der Waals surface area contributed by atoms with Gasteiger partial charge in [-0.3, -0.25) is 4.79 Å². The fourth-order valence-electron chi connectivity index (χ4n) is 4.39. The Morgan fingerprint density at radius 2 is 1.61 bits per heavy atom. The molecule has 1 saturated heterocycles. The molecule has 0 saturated carbocycles. The van der Waals surface area contributed by atoms with E-state index in [1.165, 1.54) is 24.3 Å². The van der Waals surface area contributed by atoms with Gasteiger partial charge in [-0.15, -0.1) is 0 Å². The second kappa shape index (κ2) is 10.4. The molecular formula is C26H30O12. The van der Waals surface area contributed by atoms with E-state index in [0.717, 1.165) is 6.07 Å². The van der Waals surface area contributed by atoms with Crippen molar-refractivity contribution < 1.29 is 54.7 Å². The average Bonchev–Trinajstić information content (AvgIpc) is 2.86. The van der Waals surface area contributed by atoms with E-state index in [4.69, 9.17) is 13.9 Å². The maximum Gasteiger partial charge on any atom is 0.238 e.